The van der Waals surface area contributed by atoms with Gasteiger partial charge < -0.3 is 10.4 Å². The lowest BCUT2D eigenvalue weighted by Gasteiger charge is -2.10. The highest BCUT2D eigenvalue weighted by atomic mass is 16.4. The molecule has 0 aromatic carbocycles. The lowest BCUT2D eigenvalue weighted by Crippen LogP contribution is -2.15. The quantitative estimate of drug-likeness (QED) is 0.764. The van der Waals surface area contributed by atoms with Gasteiger partial charge in [-0.3, -0.25) is 4.79 Å². The van der Waals surface area contributed by atoms with Gasteiger partial charge in [0.25, 0.3) is 0 Å². The molecule has 1 atom stereocenters. The summed E-state index contributed by atoms with van der Waals surface area (Å²) in [7, 11) is 0. The number of hydrogen-bond donors (Lipinski definition) is 2. The molecule has 0 saturated carbocycles. The zero-order chi connectivity index (χ0) is 11.3. The van der Waals surface area contributed by atoms with Gasteiger partial charge in [-0.1, -0.05) is 6.92 Å². The van der Waals surface area contributed by atoms with E-state index in [2.05, 4.69) is 15.3 Å². The molecule has 0 fully saturated rings. The molecule has 0 saturated heterocycles. The summed E-state index contributed by atoms with van der Waals surface area (Å²) in [4.78, 5) is 18.5. The molecule has 0 amide bonds. The van der Waals surface area contributed by atoms with Gasteiger partial charge in [0, 0.05) is 19.2 Å². The van der Waals surface area contributed by atoms with Gasteiger partial charge in [0.1, 0.15) is 11.6 Å². The summed E-state index contributed by atoms with van der Waals surface area (Å²) in [5.41, 5.74) is 0. The van der Waals surface area contributed by atoms with Crippen molar-refractivity contribution < 1.29 is 9.90 Å². The molecule has 82 valence electrons. The van der Waals surface area contributed by atoms with Crippen LogP contribution in [0.4, 0.5) is 5.82 Å². The first-order valence-corrected chi connectivity index (χ1v) is 4.83. The number of anilines is 1. The fraction of sp³-hybridized carbons (Fsp3) is 0.500. The lowest BCUT2D eigenvalue weighted by molar-refractivity contribution is -0.137. The Morgan fingerprint density at radius 1 is 1.67 bits per heavy atom. The maximum absolute atomic E-state index is 10.4. The van der Waals surface area contributed by atoms with Gasteiger partial charge in [0.05, 0.1) is 0 Å². The average Bonchev–Trinajstić information content (AvgIpc) is 2.14. The van der Waals surface area contributed by atoms with Gasteiger partial charge in [0.2, 0.25) is 0 Å². The minimum Gasteiger partial charge on any atom is -0.481 e. The number of carboxylic acids is 1. The fourth-order valence-electron chi connectivity index (χ4n) is 1.20. The third-order valence-electron chi connectivity index (χ3n) is 1.93. The van der Waals surface area contributed by atoms with Crippen molar-refractivity contribution in [1.29, 1.82) is 0 Å². The first kappa shape index (κ1) is 11.4. The van der Waals surface area contributed by atoms with Crippen LogP contribution in [0.2, 0.25) is 0 Å². The second-order valence-electron chi connectivity index (χ2n) is 3.57. The largest absolute Gasteiger partial charge is 0.481 e. The number of nitrogens with one attached hydrogen (secondary N) is 1. The second kappa shape index (κ2) is 5.29. The number of aromatic nitrogens is 2. The van der Waals surface area contributed by atoms with Gasteiger partial charge in [-0.2, -0.15) is 0 Å². The van der Waals surface area contributed by atoms with E-state index in [1.165, 1.54) is 0 Å². The minimum absolute atomic E-state index is 0.0813. The number of aliphatic carboxylic acids is 1. The normalized spacial score (nSPS) is 12.1. The van der Waals surface area contributed by atoms with Crippen LogP contribution in [-0.4, -0.2) is 27.6 Å². The molecule has 1 aromatic heterocycles. The summed E-state index contributed by atoms with van der Waals surface area (Å²) in [5.74, 6) is 0.742. The van der Waals surface area contributed by atoms with Gasteiger partial charge in [-0.05, 0) is 18.9 Å². The summed E-state index contributed by atoms with van der Waals surface area (Å²) >= 11 is 0. The van der Waals surface area contributed by atoms with Crippen LogP contribution in [-0.2, 0) is 4.79 Å². The van der Waals surface area contributed by atoms with Crippen LogP contribution in [0.25, 0.3) is 0 Å². The van der Waals surface area contributed by atoms with Crippen molar-refractivity contribution >= 4 is 11.8 Å². The van der Waals surface area contributed by atoms with Crippen molar-refractivity contribution in [3.05, 3.63) is 18.1 Å². The number of hydrogen-bond acceptors (Lipinski definition) is 4. The zero-order valence-corrected chi connectivity index (χ0v) is 8.90. The molecule has 0 aliphatic heterocycles. The van der Waals surface area contributed by atoms with Crippen LogP contribution >= 0.6 is 0 Å². The summed E-state index contributed by atoms with van der Waals surface area (Å²) < 4.78 is 0. The molecule has 1 rings (SSSR count). The number of carbonyl (C=O) groups is 1. The van der Waals surface area contributed by atoms with Gasteiger partial charge >= 0.3 is 5.97 Å². The highest BCUT2D eigenvalue weighted by Gasteiger charge is 2.07. The Hall–Kier alpha value is -1.65. The molecular weight excluding hydrogens is 194 g/mol. The molecule has 1 unspecified atom stereocenters. The van der Waals surface area contributed by atoms with E-state index in [4.69, 9.17) is 5.11 Å². The van der Waals surface area contributed by atoms with E-state index in [0.29, 0.717) is 12.4 Å². The Balaban J connectivity index is 2.40. The summed E-state index contributed by atoms with van der Waals surface area (Å²) in [6, 6.07) is 1.76. The Morgan fingerprint density at radius 2 is 2.40 bits per heavy atom. The van der Waals surface area contributed by atoms with Crippen molar-refractivity contribution in [2.45, 2.75) is 20.3 Å². The molecule has 1 aromatic rings. The maximum atomic E-state index is 10.4. The molecule has 1 heterocycles. The van der Waals surface area contributed by atoms with Crippen LogP contribution < -0.4 is 5.32 Å². The third kappa shape index (κ3) is 4.39. The molecule has 0 bridgehead atoms. The molecule has 5 heteroatoms. The van der Waals surface area contributed by atoms with Crippen molar-refractivity contribution in [2.24, 2.45) is 5.92 Å². The van der Waals surface area contributed by atoms with Gasteiger partial charge in [0.15, 0.2) is 0 Å². The van der Waals surface area contributed by atoms with Crippen molar-refractivity contribution in [1.82, 2.24) is 9.97 Å². The lowest BCUT2D eigenvalue weighted by atomic mass is 10.1. The predicted octanol–water partition coefficient (Wildman–Crippen LogP) is 1.31. The Kier molecular flexibility index (Phi) is 4.03. The minimum atomic E-state index is -0.775. The standard InChI is InChI=1S/C10H15N3O2/c1-7(5-10(14)15)6-12-9-3-4-11-8(2)13-9/h3-4,7H,5-6H2,1-2H3,(H,14,15)(H,11,12,13). The van der Waals surface area contributed by atoms with E-state index in [9.17, 15) is 4.79 Å². The molecule has 5 nitrogen and oxygen atoms in total. The van der Waals surface area contributed by atoms with Crippen molar-refractivity contribution in [2.75, 3.05) is 11.9 Å². The van der Waals surface area contributed by atoms with Gasteiger partial charge in [-0.15, -0.1) is 0 Å². The smallest absolute Gasteiger partial charge is 0.303 e. The Bertz CT molecular complexity index is 341. The first-order chi connectivity index (χ1) is 7.08. The monoisotopic (exact) mass is 209 g/mol. The molecule has 0 aliphatic carbocycles. The summed E-state index contributed by atoms with van der Waals surface area (Å²) in [5, 5.41) is 11.6. The van der Waals surface area contributed by atoms with E-state index in [1.54, 1.807) is 12.3 Å². The maximum Gasteiger partial charge on any atom is 0.303 e. The topological polar surface area (TPSA) is 75.1 Å². The third-order valence-corrected chi connectivity index (χ3v) is 1.93. The molecule has 0 aliphatic rings. The highest BCUT2D eigenvalue weighted by Crippen LogP contribution is 2.05. The highest BCUT2D eigenvalue weighted by molar-refractivity contribution is 5.67. The number of carboxylic acid groups (broad SMARTS) is 1. The average molecular weight is 209 g/mol. The molecular formula is C10H15N3O2. The van der Waals surface area contributed by atoms with E-state index in [0.717, 1.165) is 5.82 Å². The van der Waals surface area contributed by atoms with Crippen LogP contribution in [0, 0.1) is 12.8 Å². The molecule has 2 N–H and O–H groups in total. The van der Waals surface area contributed by atoms with Crippen molar-refractivity contribution in [3.8, 4) is 0 Å². The van der Waals surface area contributed by atoms with E-state index in [1.807, 2.05) is 13.8 Å². The molecule has 0 radical (unpaired) electrons. The number of rotatable bonds is 5. The van der Waals surface area contributed by atoms with E-state index >= 15 is 0 Å². The molecule has 0 spiro atoms. The first-order valence-electron chi connectivity index (χ1n) is 4.83. The zero-order valence-electron chi connectivity index (χ0n) is 8.90. The van der Waals surface area contributed by atoms with Crippen molar-refractivity contribution in [3.63, 3.8) is 0 Å². The molecule has 15 heavy (non-hydrogen) atoms. The predicted molar refractivity (Wildman–Crippen MR) is 56.7 cm³/mol. The van der Waals surface area contributed by atoms with Crippen LogP contribution in [0.3, 0.4) is 0 Å². The van der Waals surface area contributed by atoms with Gasteiger partial charge in [-0.25, -0.2) is 9.97 Å². The Labute approximate surface area is 88.6 Å². The van der Waals surface area contributed by atoms with Crippen LogP contribution in [0.5, 0.6) is 0 Å². The van der Waals surface area contributed by atoms with Crippen LogP contribution in [0.1, 0.15) is 19.2 Å². The second-order valence-corrected chi connectivity index (χ2v) is 3.57. The SMILES string of the molecule is Cc1nccc(NCC(C)CC(=O)O)n1. The summed E-state index contributed by atoms with van der Waals surface area (Å²) in [6.07, 6.45) is 1.84. The van der Waals surface area contributed by atoms with E-state index in [-0.39, 0.29) is 12.3 Å². The van der Waals surface area contributed by atoms with Crippen LogP contribution in [0.15, 0.2) is 12.3 Å². The van der Waals surface area contributed by atoms with E-state index < -0.39 is 5.97 Å². The number of nitrogens with zero attached hydrogens (tertiary/aromatic N) is 2. The summed E-state index contributed by atoms with van der Waals surface area (Å²) in [6.45, 7) is 4.30. The fourth-order valence-corrected chi connectivity index (χ4v) is 1.20. The Morgan fingerprint density at radius 3 is 3.00 bits per heavy atom. The number of aryl methyl sites for hydroxylation is 1.